The van der Waals surface area contributed by atoms with Crippen molar-refractivity contribution >= 4 is 61.9 Å². The summed E-state index contributed by atoms with van der Waals surface area (Å²) in [5.74, 6) is -0.187. The van der Waals surface area contributed by atoms with Gasteiger partial charge >= 0.3 is 0 Å². The summed E-state index contributed by atoms with van der Waals surface area (Å²) in [6.45, 7) is 1.98. The molecule has 1 aromatic carbocycles. The molecule has 0 bridgehead atoms. The highest BCUT2D eigenvalue weighted by molar-refractivity contribution is 9.11. The number of amides is 1. The van der Waals surface area contributed by atoms with E-state index in [0.29, 0.717) is 5.11 Å². The molecule has 0 unspecified atom stereocenters. The molecule has 3 aromatic rings. The average molecular weight is 517 g/mol. The predicted molar refractivity (Wildman–Crippen MR) is 132 cm³/mol. The number of aryl methyl sites for hydroxylation is 1. The minimum atomic E-state index is -0.187. The molecule has 4 rings (SSSR count). The van der Waals surface area contributed by atoms with Gasteiger partial charge < -0.3 is 20.3 Å². The molecule has 2 N–H and O–H groups in total. The Kier molecular flexibility index (Phi) is 6.66. The number of hydrogen-bond acceptors (Lipinski definition) is 5. The number of rotatable bonds is 6. The fourth-order valence-corrected chi connectivity index (χ4v) is 5.56. The van der Waals surface area contributed by atoms with Crippen LogP contribution < -0.4 is 15.5 Å². The number of thiophene rings is 1. The number of carbonyl (C=O) groups is 1. The number of methoxy groups -OCH3 is 1. The van der Waals surface area contributed by atoms with E-state index in [-0.39, 0.29) is 24.6 Å². The van der Waals surface area contributed by atoms with Crippen LogP contribution in [0.5, 0.6) is 0 Å². The highest BCUT2D eigenvalue weighted by Crippen LogP contribution is 2.44. The minimum absolute atomic E-state index is 0.0163. The third-order valence-electron chi connectivity index (χ3n) is 5.02. The summed E-state index contributed by atoms with van der Waals surface area (Å²) in [6.07, 6.45) is 1.80. The van der Waals surface area contributed by atoms with E-state index in [2.05, 4.69) is 48.6 Å². The van der Waals surface area contributed by atoms with E-state index in [9.17, 15) is 4.79 Å². The highest BCUT2D eigenvalue weighted by atomic mass is 79.9. The molecule has 2 aromatic heterocycles. The van der Waals surface area contributed by atoms with Crippen molar-refractivity contribution in [2.75, 3.05) is 23.9 Å². The van der Waals surface area contributed by atoms with Gasteiger partial charge in [-0.15, -0.1) is 11.3 Å². The van der Waals surface area contributed by atoms with Crippen LogP contribution in [0, 0.1) is 6.92 Å². The molecular weight excluding hydrogens is 496 g/mol. The van der Waals surface area contributed by atoms with Crippen LogP contribution in [-0.4, -0.2) is 29.7 Å². The van der Waals surface area contributed by atoms with Crippen LogP contribution in [0.2, 0.25) is 0 Å². The molecule has 0 saturated carbocycles. The van der Waals surface area contributed by atoms with Gasteiger partial charge in [-0.05, 0) is 83.1 Å². The Bertz CT molecular complexity index is 1110. The maximum atomic E-state index is 11.9. The molecule has 9 heteroatoms. The summed E-state index contributed by atoms with van der Waals surface area (Å²) in [4.78, 5) is 19.8. The molecule has 1 fully saturated rings. The van der Waals surface area contributed by atoms with E-state index in [1.54, 1.807) is 17.5 Å². The van der Waals surface area contributed by atoms with Crippen LogP contribution in [0.3, 0.4) is 0 Å². The number of pyridine rings is 1. The zero-order valence-corrected chi connectivity index (χ0v) is 20.2. The molecule has 1 aliphatic heterocycles. The van der Waals surface area contributed by atoms with Gasteiger partial charge in [0.05, 0.1) is 21.6 Å². The summed E-state index contributed by atoms with van der Waals surface area (Å²) in [5, 5.41) is 6.98. The predicted octanol–water partition coefficient (Wildman–Crippen LogP) is 4.98. The maximum absolute atomic E-state index is 11.9. The average Bonchev–Trinajstić information content (AvgIpc) is 3.33. The summed E-state index contributed by atoms with van der Waals surface area (Å²) in [7, 11) is 1.50. The minimum Gasteiger partial charge on any atom is -0.375 e. The lowest BCUT2D eigenvalue weighted by Crippen LogP contribution is -2.29. The van der Waals surface area contributed by atoms with Crippen molar-refractivity contribution in [3.63, 3.8) is 0 Å². The van der Waals surface area contributed by atoms with E-state index < -0.39 is 0 Å². The molecule has 3 heterocycles. The molecular formula is C22H21BrN4O2S2. The van der Waals surface area contributed by atoms with Gasteiger partial charge in [0.15, 0.2) is 5.11 Å². The molecule has 2 atom stereocenters. The van der Waals surface area contributed by atoms with Crippen LogP contribution in [0.4, 0.5) is 11.4 Å². The van der Waals surface area contributed by atoms with Gasteiger partial charge in [-0.3, -0.25) is 9.78 Å². The Hall–Kier alpha value is -2.33. The molecule has 1 aliphatic rings. The number of anilines is 2. The fraction of sp³-hybridized carbons (Fsp3) is 0.227. The Morgan fingerprint density at radius 2 is 2.16 bits per heavy atom. The lowest BCUT2D eigenvalue weighted by molar-refractivity contribution is -0.119. The Labute approximate surface area is 198 Å². The fourth-order valence-electron chi connectivity index (χ4n) is 3.66. The number of hydrogen-bond donors (Lipinski definition) is 2. The van der Waals surface area contributed by atoms with E-state index in [1.165, 1.54) is 12.0 Å². The second kappa shape index (κ2) is 9.44. The van der Waals surface area contributed by atoms with E-state index in [0.717, 1.165) is 26.4 Å². The molecule has 31 heavy (non-hydrogen) atoms. The SMILES string of the molecule is COCC(=O)Nc1ccc(N2C(=S)N[C@H](c3ccccn3)[C@H]2c2ccc(Br)s2)cc1C. The van der Waals surface area contributed by atoms with Gasteiger partial charge in [0.2, 0.25) is 5.91 Å². The lowest BCUT2D eigenvalue weighted by atomic mass is 10.0. The number of benzene rings is 1. The lowest BCUT2D eigenvalue weighted by Gasteiger charge is -2.27. The first-order valence-electron chi connectivity index (χ1n) is 9.63. The number of ether oxygens (including phenoxy) is 1. The summed E-state index contributed by atoms with van der Waals surface area (Å²) < 4.78 is 5.96. The summed E-state index contributed by atoms with van der Waals surface area (Å²) in [6, 6.07) is 15.8. The van der Waals surface area contributed by atoms with Crippen molar-refractivity contribution in [1.29, 1.82) is 0 Å². The first kappa shape index (κ1) is 21.9. The molecule has 0 radical (unpaired) electrons. The second-order valence-corrected chi connectivity index (χ2v) is 10.0. The molecule has 6 nitrogen and oxygen atoms in total. The third kappa shape index (κ3) is 4.64. The number of halogens is 1. The van der Waals surface area contributed by atoms with E-state index in [1.807, 2.05) is 43.3 Å². The zero-order valence-electron chi connectivity index (χ0n) is 17.0. The normalized spacial score (nSPS) is 18.2. The largest absolute Gasteiger partial charge is 0.375 e. The third-order valence-corrected chi connectivity index (χ3v) is 7.03. The van der Waals surface area contributed by atoms with E-state index >= 15 is 0 Å². The first-order chi connectivity index (χ1) is 15.0. The summed E-state index contributed by atoms with van der Waals surface area (Å²) in [5.41, 5.74) is 3.58. The van der Waals surface area contributed by atoms with Crippen molar-refractivity contribution in [1.82, 2.24) is 10.3 Å². The Balaban J connectivity index is 1.71. The van der Waals surface area contributed by atoms with Crippen molar-refractivity contribution in [3.8, 4) is 0 Å². The van der Waals surface area contributed by atoms with Crippen LogP contribution in [0.15, 0.2) is 58.5 Å². The molecule has 1 amide bonds. The van der Waals surface area contributed by atoms with Crippen LogP contribution in [0.25, 0.3) is 0 Å². The van der Waals surface area contributed by atoms with Crippen molar-refractivity contribution in [2.24, 2.45) is 0 Å². The van der Waals surface area contributed by atoms with Gasteiger partial charge in [-0.25, -0.2) is 0 Å². The van der Waals surface area contributed by atoms with Gasteiger partial charge in [-0.2, -0.15) is 0 Å². The zero-order chi connectivity index (χ0) is 22.0. The molecule has 1 saturated heterocycles. The topological polar surface area (TPSA) is 66.5 Å². The van der Waals surface area contributed by atoms with Crippen molar-refractivity contribution in [2.45, 2.75) is 19.0 Å². The van der Waals surface area contributed by atoms with Gasteiger partial charge in [-0.1, -0.05) is 6.07 Å². The maximum Gasteiger partial charge on any atom is 0.250 e. The van der Waals surface area contributed by atoms with E-state index in [4.69, 9.17) is 17.0 Å². The van der Waals surface area contributed by atoms with Gasteiger partial charge in [0, 0.05) is 29.6 Å². The number of carbonyl (C=O) groups excluding carboxylic acids is 1. The van der Waals surface area contributed by atoms with Crippen LogP contribution >= 0.6 is 39.5 Å². The molecule has 0 aliphatic carbocycles. The quantitative estimate of drug-likeness (QED) is 0.450. The Morgan fingerprint density at radius 1 is 1.32 bits per heavy atom. The van der Waals surface area contributed by atoms with Crippen LogP contribution in [-0.2, 0) is 9.53 Å². The first-order valence-corrected chi connectivity index (χ1v) is 11.6. The molecule has 160 valence electrons. The molecule has 0 spiro atoms. The number of aromatic nitrogens is 1. The Morgan fingerprint density at radius 3 is 2.81 bits per heavy atom. The van der Waals surface area contributed by atoms with Crippen molar-refractivity contribution in [3.05, 3.63) is 74.6 Å². The smallest absolute Gasteiger partial charge is 0.250 e. The summed E-state index contributed by atoms with van der Waals surface area (Å²) >= 11 is 11.0. The van der Waals surface area contributed by atoms with Crippen LogP contribution in [0.1, 0.15) is 28.2 Å². The monoisotopic (exact) mass is 516 g/mol. The second-order valence-electron chi connectivity index (χ2n) is 7.12. The van der Waals surface area contributed by atoms with Crippen molar-refractivity contribution < 1.29 is 9.53 Å². The standard InChI is InChI=1S/C22H21BrN4O2S2/c1-13-11-14(6-7-15(13)25-19(28)12-29-2)27-21(17-8-9-18(23)31-17)20(26-22(27)30)16-5-3-4-10-24-16/h3-11,20-21H,12H2,1-2H3,(H,25,28)(H,26,30)/t20-,21-/m1/s1. The highest BCUT2D eigenvalue weighted by Gasteiger charge is 2.41. The number of nitrogens with one attached hydrogen (secondary N) is 2. The van der Waals surface area contributed by atoms with Gasteiger partial charge in [0.25, 0.3) is 0 Å². The van der Waals surface area contributed by atoms with Gasteiger partial charge in [0.1, 0.15) is 6.61 Å². The number of thiocarbonyl (C=S) groups is 1. The number of nitrogens with zero attached hydrogens (tertiary/aromatic N) is 2.